The third-order valence-corrected chi connectivity index (χ3v) is 3.77. The van der Waals surface area contributed by atoms with Gasteiger partial charge in [0.25, 0.3) is 0 Å². The van der Waals surface area contributed by atoms with Crippen molar-refractivity contribution in [1.82, 2.24) is 4.90 Å². The normalized spacial score (nSPS) is 21.3. The van der Waals surface area contributed by atoms with E-state index >= 15 is 0 Å². The zero-order chi connectivity index (χ0) is 16.9. The lowest BCUT2D eigenvalue weighted by atomic mass is 9.98. The van der Waals surface area contributed by atoms with E-state index in [1.165, 1.54) is 0 Å². The minimum absolute atomic E-state index is 0.0468. The Morgan fingerprint density at radius 1 is 1.45 bits per heavy atom. The number of hydrogen-bond acceptors (Lipinski definition) is 4. The molecule has 0 saturated carbocycles. The van der Waals surface area contributed by atoms with Crippen LogP contribution < -0.4 is 0 Å². The number of aliphatic hydroxyl groups excluding tert-OH is 1. The first-order chi connectivity index (χ1) is 10.2. The lowest BCUT2D eigenvalue weighted by molar-refractivity contribution is -0.158. The van der Waals surface area contributed by atoms with Crippen molar-refractivity contribution in [2.45, 2.75) is 71.1 Å². The highest BCUT2D eigenvalue weighted by atomic mass is 16.6. The summed E-state index contributed by atoms with van der Waals surface area (Å²) in [6.07, 6.45) is 3.26. The third kappa shape index (κ3) is 5.44. The average molecular weight is 311 g/mol. The molecule has 5 heteroatoms. The lowest BCUT2D eigenvalue weighted by Gasteiger charge is -2.30. The Balaban J connectivity index is 2.75. The summed E-state index contributed by atoms with van der Waals surface area (Å²) in [5, 5.41) is 9.81. The van der Waals surface area contributed by atoms with Gasteiger partial charge in [0.15, 0.2) is 0 Å². The van der Waals surface area contributed by atoms with Gasteiger partial charge in [-0.15, -0.1) is 6.58 Å². The molecule has 3 atom stereocenters. The van der Waals surface area contributed by atoms with Gasteiger partial charge in [-0.05, 0) is 47.0 Å². The predicted molar refractivity (Wildman–Crippen MR) is 85.2 cm³/mol. The number of rotatable bonds is 6. The van der Waals surface area contributed by atoms with Crippen LogP contribution in [0.1, 0.15) is 53.4 Å². The summed E-state index contributed by atoms with van der Waals surface area (Å²) < 4.78 is 5.31. The molecule has 0 aromatic heterocycles. The number of aliphatic hydroxyl groups is 1. The molecule has 22 heavy (non-hydrogen) atoms. The van der Waals surface area contributed by atoms with Gasteiger partial charge < -0.3 is 14.7 Å². The molecule has 0 aromatic rings. The van der Waals surface area contributed by atoms with E-state index in [9.17, 15) is 14.7 Å². The number of amides is 1. The van der Waals surface area contributed by atoms with Crippen LogP contribution in [0.3, 0.4) is 0 Å². The van der Waals surface area contributed by atoms with Gasteiger partial charge in [0, 0.05) is 6.54 Å². The molecular weight excluding hydrogens is 282 g/mol. The van der Waals surface area contributed by atoms with Gasteiger partial charge >= 0.3 is 5.97 Å². The largest absolute Gasteiger partial charge is 0.460 e. The molecule has 0 aliphatic carbocycles. The van der Waals surface area contributed by atoms with Crippen molar-refractivity contribution < 1.29 is 19.4 Å². The number of esters is 1. The van der Waals surface area contributed by atoms with Crippen molar-refractivity contribution >= 4 is 11.9 Å². The summed E-state index contributed by atoms with van der Waals surface area (Å²) in [6.45, 7) is 11.4. The van der Waals surface area contributed by atoms with Gasteiger partial charge in [-0.2, -0.15) is 0 Å². The summed E-state index contributed by atoms with van der Waals surface area (Å²) in [5.74, 6) is -0.929. The van der Waals surface area contributed by atoms with Gasteiger partial charge in [0.1, 0.15) is 5.60 Å². The highest BCUT2D eigenvalue weighted by Gasteiger charge is 2.36. The van der Waals surface area contributed by atoms with Crippen LogP contribution in [0.25, 0.3) is 0 Å². The summed E-state index contributed by atoms with van der Waals surface area (Å²) in [4.78, 5) is 26.4. The third-order valence-electron chi connectivity index (χ3n) is 3.77. The van der Waals surface area contributed by atoms with Crippen molar-refractivity contribution in [3.05, 3.63) is 12.7 Å². The Morgan fingerprint density at radius 2 is 2.09 bits per heavy atom. The van der Waals surface area contributed by atoms with Crippen LogP contribution in [0.2, 0.25) is 0 Å². The fourth-order valence-electron chi connectivity index (χ4n) is 2.86. The van der Waals surface area contributed by atoms with Gasteiger partial charge in [0.2, 0.25) is 5.91 Å². The molecule has 1 rings (SSSR count). The van der Waals surface area contributed by atoms with Crippen LogP contribution >= 0.6 is 0 Å². The van der Waals surface area contributed by atoms with Gasteiger partial charge in [-0.25, -0.2) is 0 Å². The first-order valence-electron chi connectivity index (χ1n) is 7.97. The van der Waals surface area contributed by atoms with Crippen molar-refractivity contribution in [2.24, 2.45) is 5.92 Å². The maximum absolute atomic E-state index is 12.7. The van der Waals surface area contributed by atoms with Crippen LogP contribution in [0, 0.1) is 5.92 Å². The molecule has 1 N–H and O–H groups in total. The van der Waals surface area contributed by atoms with E-state index in [-0.39, 0.29) is 24.3 Å². The molecule has 5 nitrogen and oxygen atoms in total. The predicted octanol–water partition coefficient (Wildman–Crippen LogP) is 2.28. The van der Waals surface area contributed by atoms with E-state index in [4.69, 9.17) is 4.74 Å². The van der Waals surface area contributed by atoms with E-state index in [1.807, 2.05) is 0 Å². The lowest BCUT2D eigenvalue weighted by Crippen LogP contribution is -2.45. The molecule has 0 aromatic carbocycles. The first-order valence-corrected chi connectivity index (χ1v) is 7.97. The molecule has 1 heterocycles. The number of ether oxygens (including phenoxy) is 1. The number of allylic oxidation sites excluding steroid dienone is 1. The maximum atomic E-state index is 12.7. The minimum Gasteiger partial charge on any atom is -0.460 e. The highest BCUT2D eigenvalue weighted by molar-refractivity contribution is 5.84. The van der Waals surface area contributed by atoms with Gasteiger partial charge in [0.05, 0.1) is 24.5 Å². The van der Waals surface area contributed by atoms with Crippen molar-refractivity contribution in [1.29, 1.82) is 0 Å². The van der Waals surface area contributed by atoms with Gasteiger partial charge in [-0.1, -0.05) is 6.08 Å². The molecule has 0 bridgehead atoms. The zero-order valence-corrected chi connectivity index (χ0v) is 14.2. The van der Waals surface area contributed by atoms with Crippen molar-refractivity contribution in [3.8, 4) is 0 Å². The number of likely N-dealkylation sites (tertiary alicyclic amines) is 1. The second-order valence-corrected chi connectivity index (χ2v) is 6.99. The Kier molecular flexibility index (Phi) is 6.60. The van der Waals surface area contributed by atoms with Crippen LogP contribution in [0.5, 0.6) is 0 Å². The fourth-order valence-corrected chi connectivity index (χ4v) is 2.86. The van der Waals surface area contributed by atoms with E-state index in [0.29, 0.717) is 13.0 Å². The molecule has 0 spiro atoms. The van der Waals surface area contributed by atoms with Crippen LogP contribution in [-0.4, -0.2) is 46.2 Å². The summed E-state index contributed by atoms with van der Waals surface area (Å²) >= 11 is 0. The molecule has 1 saturated heterocycles. The number of nitrogens with zero attached hydrogens (tertiary/aromatic N) is 1. The van der Waals surface area contributed by atoms with E-state index in [0.717, 1.165) is 12.8 Å². The smallest absolute Gasteiger partial charge is 0.307 e. The van der Waals surface area contributed by atoms with Crippen molar-refractivity contribution in [3.63, 3.8) is 0 Å². The number of hydrogen-bond donors (Lipinski definition) is 1. The minimum atomic E-state index is -0.561. The zero-order valence-electron chi connectivity index (χ0n) is 14.2. The SMILES string of the molecule is C=CCC(CC(=O)OC(C)(C)C)C(=O)N1CCCC1[C@H](C)O. The molecule has 1 fully saturated rings. The topological polar surface area (TPSA) is 66.8 Å². The second kappa shape index (κ2) is 7.77. The van der Waals surface area contributed by atoms with Crippen LogP contribution in [0.15, 0.2) is 12.7 Å². The van der Waals surface area contributed by atoms with Crippen LogP contribution in [-0.2, 0) is 14.3 Å². The van der Waals surface area contributed by atoms with Crippen molar-refractivity contribution in [2.75, 3.05) is 6.54 Å². The summed E-state index contributed by atoms with van der Waals surface area (Å²) in [6, 6.07) is -0.154. The maximum Gasteiger partial charge on any atom is 0.307 e. The number of carbonyl (C=O) groups excluding carboxylic acids is 2. The molecule has 1 amide bonds. The monoisotopic (exact) mass is 311 g/mol. The summed E-state index contributed by atoms with van der Waals surface area (Å²) in [5.41, 5.74) is -0.561. The second-order valence-electron chi connectivity index (χ2n) is 6.99. The standard InChI is InChI=1S/C17H29NO4/c1-6-8-13(11-15(20)22-17(3,4)5)16(21)18-10-7-9-14(18)12(2)19/h6,12-14,19H,1,7-11H2,2-5H3/t12-,13?,14?/m0/s1. The van der Waals surface area contributed by atoms with E-state index < -0.39 is 17.6 Å². The highest BCUT2D eigenvalue weighted by Crippen LogP contribution is 2.25. The quantitative estimate of drug-likeness (QED) is 0.603. The average Bonchev–Trinajstić information content (AvgIpc) is 2.84. The molecule has 1 aliphatic heterocycles. The molecule has 1 aliphatic rings. The number of carbonyl (C=O) groups is 2. The summed E-state index contributed by atoms with van der Waals surface area (Å²) in [7, 11) is 0. The van der Waals surface area contributed by atoms with E-state index in [1.54, 1.807) is 38.7 Å². The van der Waals surface area contributed by atoms with Gasteiger partial charge in [-0.3, -0.25) is 9.59 Å². The fraction of sp³-hybridized carbons (Fsp3) is 0.765. The van der Waals surface area contributed by atoms with E-state index in [2.05, 4.69) is 6.58 Å². The molecular formula is C17H29NO4. The van der Waals surface area contributed by atoms with Crippen LogP contribution in [0.4, 0.5) is 0 Å². The Hall–Kier alpha value is -1.36. The Morgan fingerprint density at radius 3 is 2.59 bits per heavy atom. The molecule has 126 valence electrons. The Bertz CT molecular complexity index is 411. The Labute approximate surface area is 133 Å². The molecule has 0 radical (unpaired) electrons. The molecule has 2 unspecified atom stereocenters. The first kappa shape index (κ1) is 18.7.